The molecular formula is C18H19N5O2. The minimum atomic E-state index is -0.523. The minimum absolute atomic E-state index is 0.221. The van der Waals surface area contributed by atoms with E-state index in [0.717, 1.165) is 11.3 Å². The maximum Gasteiger partial charge on any atom is 0.255 e. The van der Waals surface area contributed by atoms with Crippen LogP contribution in [0.2, 0.25) is 0 Å². The van der Waals surface area contributed by atoms with Gasteiger partial charge in [0.1, 0.15) is 0 Å². The van der Waals surface area contributed by atoms with Crippen molar-refractivity contribution in [2.24, 2.45) is 5.73 Å². The molecule has 0 bridgehead atoms. The van der Waals surface area contributed by atoms with E-state index in [4.69, 9.17) is 5.73 Å². The standard InChI is InChI=1S/C18H19N5O2/c1-9-6-5-7-13(16(19)24)15(9)14-8-10(2)22-23(14)18-20-12(4)11(3)17(25)21-18/h5-8H,1-4H3,(H2,19,24)(H,20,21,25). The first-order valence-electron chi connectivity index (χ1n) is 7.84. The second kappa shape index (κ2) is 6.01. The van der Waals surface area contributed by atoms with E-state index in [-0.39, 0.29) is 5.56 Å². The number of primary amides is 1. The number of H-pyrrole nitrogens is 1. The number of nitrogens with two attached hydrogens (primary N) is 1. The molecule has 0 spiro atoms. The van der Waals surface area contributed by atoms with E-state index in [1.807, 2.05) is 26.0 Å². The summed E-state index contributed by atoms with van der Waals surface area (Å²) < 4.78 is 1.54. The van der Waals surface area contributed by atoms with Crippen LogP contribution in [0.3, 0.4) is 0 Å². The average Bonchev–Trinajstić information content (AvgIpc) is 2.93. The van der Waals surface area contributed by atoms with Crippen molar-refractivity contribution in [2.75, 3.05) is 0 Å². The molecule has 0 radical (unpaired) electrons. The Morgan fingerprint density at radius 3 is 2.56 bits per heavy atom. The number of nitrogens with zero attached hydrogens (tertiary/aromatic N) is 3. The second-order valence-corrected chi connectivity index (χ2v) is 6.04. The number of hydrogen-bond donors (Lipinski definition) is 2. The van der Waals surface area contributed by atoms with Gasteiger partial charge in [-0.2, -0.15) is 9.78 Å². The largest absolute Gasteiger partial charge is 0.366 e. The minimum Gasteiger partial charge on any atom is -0.366 e. The van der Waals surface area contributed by atoms with Gasteiger partial charge in [-0.15, -0.1) is 0 Å². The Balaban J connectivity index is 2.33. The molecule has 2 heterocycles. The molecule has 2 aromatic heterocycles. The van der Waals surface area contributed by atoms with Gasteiger partial charge in [0.2, 0.25) is 11.9 Å². The Morgan fingerprint density at radius 1 is 1.20 bits per heavy atom. The van der Waals surface area contributed by atoms with E-state index < -0.39 is 5.91 Å². The van der Waals surface area contributed by atoms with E-state index in [1.165, 1.54) is 4.68 Å². The summed E-state index contributed by atoms with van der Waals surface area (Å²) in [7, 11) is 0. The molecule has 0 aliphatic heterocycles. The van der Waals surface area contributed by atoms with Crippen molar-refractivity contribution in [3.05, 3.63) is 62.7 Å². The van der Waals surface area contributed by atoms with Crippen LogP contribution in [0.1, 0.15) is 32.9 Å². The highest BCUT2D eigenvalue weighted by molar-refractivity contribution is 6.00. The molecule has 7 nitrogen and oxygen atoms in total. The first-order chi connectivity index (χ1) is 11.8. The molecule has 0 atom stereocenters. The molecule has 1 aromatic carbocycles. The Morgan fingerprint density at radius 2 is 1.92 bits per heavy atom. The molecule has 3 rings (SSSR count). The van der Waals surface area contributed by atoms with Crippen molar-refractivity contribution < 1.29 is 4.79 Å². The number of aromatic nitrogens is 4. The molecule has 0 fully saturated rings. The molecule has 3 N–H and O–H groups in total. The van der Waals surface area contributed by atoms with Crippen LogP contribution in [-0.4, -0.2) is 25.7 Å². The van der Waals surface area contributed by atoms with E-state index in [9.17, 15) is 9.59 Å². The molecule has 7 heteroatoms. The predicted molar refractivity (Wildman–Crippen MR) is 94.9 cm³/mol. The van der Waals surface area contributed by atoms with Gasteiger partial charge in [0.05, 0.1) is 11.4 Å². The summed E-state index contributed by atoms with van der Waals surface area (Å²) in [5.41, 5.74) is 9.83. The first-order valence-corrected chi connectivity index (χ1v) is 7.84. The fourth-order valence-electron chi connectivity index (χ4n) is 2.78. The molecule has 25 heavy (non-hydrogen) atoms. The van der Waals surface area contributed by atoms with Gasteiger partial charge >= 0.3 is 0 Å². The number of rotatable bonds is 3. The van der Waals surface area contributed by atoms with Gasteiger partial charge in [-0.1, -0.05) is 12.1 Å². The number of amides is 1. The summed E-state index contributed by atoms with van der Waals surface area (Å²) in [5.74, 6) is -0.222. The molecule has 0 saturated heterocycles. The van der Waals surface area contributed by atoms with E-state index >= 15 is 0 Å². The van der Waals surface area contributed by atoms with Crippen molar-refractivity contribution >= 4 is 5.91 Å². The number of benzene rings is 1. The maximum atomic E-state index is 12.1. The van der Waals surface area contributed by atoms with Crippen LogP contribution in [-0.2, 0) is 0 Å². The Hall–Kier alpha value is -3.22. The molecule has 128 valence electrons. The quantitative estimate of drug-likeness (QED) is 0.761. The van der Waals surface area contributed by atoms with Gasteiger partial charge in [0.25, 0.3) is 5.56 Å². The Kier molecular flexibility index (Phi) is 4.00. The fraction of sp³-hybridized carbons (Fsp3) is 0.222. The van der Waals surface area contributed by atoms with Crippen LogP contribution < -0.4 is 11.3 Å². The third kappa shape index (κ3) is 2.84. The van der Waals surface area contributed by atoms with Gasteiger partial charge in [0, 0.05) is 22.4 Å². The molecule has 0 aliphatic rings. The summed E-state index contributed by atoms with van der Waals surface area (Å²) in [4.78, 5) is 31.2. The third-order valence-electron chi connectivity index (χ3n) is 4.21. The highest BCUT2D eigenvalue weighted by atomic mass is 16.1. The summed E-state index contributed by atoms with van der Waals surface area (Å²) in [6, 6.07) is 7.19. The van der Waals surface area contributed by atoms with Crippen LogP contribution in [0, 0.1) is 27.7 Å². The fourth-order valence-corrected chi connectivity index (χ4v) is 2.78. The first kappa shape index (κ1) is 16.6. The highest BCUT2D eigenvalue weighted by Gasteiger charge is 2.19. The molecule has 0 saturated carbocycles. The lowest BCUT2D eigenvalue weighted by Gasteiger charge is -2.13. The normalized spacial score (nSPS) is 10.9. The lowest BCUT2D eigenvalue weighted by atomic mass is 9.98. The summed E-state index contributed by atoms with van der Waals surface area (Å²) >= 11 is 0. The van der Waals surface area contributed by atoms with Gasteiger partial charge in [-0.3, -0.25) is 14.6 Å². The van der Waals surface area contributed by atoms with E-state index in [0.29, 0.717) is 34.0 Å². The van der Waals surface area contributed by atoms with Gasteiger partial charge in [-0.25, -0.2) is 4.98 Å². The summed E-state index contributed by atoms with van der Waals surface area (Å²) in [6.45, 7) is 7.21. The van der Waals surface area contributed by atoms with E-state index in [1.54, 1.807) is 26.0 Å². The van der Waals surface area contributed by atoms with Gasteiger partial charge in [-0.05, 0) is 45.4 Å². The zero-order valence-corrected chi connectivity index (χ0v) is 14.5. The zero-order valence-electron chi connectivity index (χ0n) is 14.5. The zero-order chi connectivity index (χ0) is 18.3. The number of carbonyl (C=O) groups is 1. The topological polar surface area (TPSA) is 107 Å². The van der Waals surface area contributed by atoms with Crippen LogP contribution in [0.4, 0.5) is 0 Å². The summed E-state index contributed by atoms with van der Waals surface area (Å²) in [6.07, 6.45) is 0. The monoisotopic (exact) mass is 337 g/mol. The average molecular weight is 337 g/mol. The Labute approximate surface area is 144 Å². The second-order valence-electron chi connectivity index (χ2n) is 6.04. The lowest BCUT2D eigenvalue weighted by Crippen LogP contribution is -2.19. The van der Waals surface area contributed by atoms with Crippen LogP contribution in [0.15, 0.2) is 29.1 Å². The highest BCUT2D eigenvalue weighted by Crippen LogP contribution is 2.29. The smallest absolute Gasteiger partial charge is 0.255 e. The third-order valence-corrected chi connectivity index (χ3v) is 4.21. The molecule has 3 aromatic rings. The van der Waals surface area contributed by atoms with Gasteiger partial charge in [0.15, 0.2) is 0 Å². The lowest BCUT2D eigenvalue weighted by molar-refractivity contribution is 0.100. The molecular weight excluding hydrogens is 318 g/mol. The van der Waals surface area contributed by atoms with Crippen molar-refractivity contribution in [1.82, 2.24) is 19.7 Å². The van der Waals surface area contributed by atoms with Gasteiger partial charge < -0.3 is 5.73 Å². The Bertz CT molecular complexity index is 1050. The molecule has 0 aliphatic carbocycles. The van der Waals surface area contributed by atoms with Crippen molar-refractivity contribution in [3.63, 3.8) is 0 Å². The number of nitrogens with one attached hydrogen (secondary N) is 1. The van der Waals surface area contributed by atoms with Crippen LogP contribution in [0.5, 0.6) is 0 Å². The summed E-state index contributed by atoms with van der Waals surface area (Å²) in [5, 5.41) is 4.44. The van der Waals surface area contributed by atoms with Crippen molar-refractivity contribution in [3.8, 4) is 17.2 Å². The predicted octanol–water partition coefficient (Wildman–Crippen LogP) is 1.96. The SMILES string of the molecule is Cc1cc(-c2c(C)cccc2C(N)=O)n(-c2nc(C)c(C)c(=O)[nH]2)n1. The molecule has 0 unspecified atom stereocenters. The molecule has 1 amide bonds. The van der Waals surface area contributed by atoms with Crippen LogP contribution in [0.25, 0.3) is 17.2 Å². The maximum absolute atomic E-state index is 12.1. The van der Waals surface area contributed by atoms with E-state index in [2.05, 4.69) is 15.1 Å². The number of aromatic amines is 1. The number of hydrogen-bond acceptors (Lipinski definition) is 4. The van der Waals surface area contributed by atoms with Crippen molar-refractivity contribution in [1.29, 1.82) is 0 Å². The van der Waals surface area contributed by atoms with Crippen LogP contribution >= 0.6 is 0 Å². The number of aryl methyl sites for hydroxylation is 3. The number of carbonyl (C=O) groups excluding carboxylic acids is 1. The van der Waals surface area contributed by atoms with Crippen molar-refractivity contribution in [2.45, 2.75) is 27.7 Å².